The molecule has 0 fully saturated rings. The van der Waals surface area contributed by atoms with Crippen LogP contribution < -0.4 is 0 Å². The molecule has 0 saturated heterocycles. The molecule has 0 heterocycles. The summed E-state index contributed by atoms with van der Waals surface area (Å²) in [6.07, 6.45) is 7.96. The fourth-order valence-electron chi connectivity index (χ4n) is 2.89. The first-order valence-corrected chi connectivity index (χ1v) is 9.96. The van der Waals surface area contributed by atoms with Gasteiger partial charge in [0.2, 0.25) is 0 Å². The van der Waals surface area contributed by atoms with Crippen LogP contribution >= 0.6 is 0 Å². The lowest BCUT2D eigenvalue weighted by atomic mass is 9.79. The highest BCUT2D eigenvalue weighted by molar-refractivity contribution is 5.83. The average molecular weight is 405 g/mol. The Hall–Kier alpha value is -2.12. The summed E-state index contributed by atoms with van der Waals surface area (Å²) in [6, 6.07) is 0. The summed E-state index contributed by atoms with van der Waals surface area (Å²) in [5.74, 6) is -11.1. The Morgan fingerprint density at radius 2 is 1.00 bits per heavy atom. The van der Waals surface area contributed by atoms with Crippen LogP contribution in [0.15, 0.2) is 0 Å². The van der Waals surface area contributed by atoms with Crippen molar-refractivity contribution < 1.29 is 39.6 Å². The lowest BCUT2D eigenvalue weighted by Gasteiger charge is -2.24. The van der Waals surface area contributed by atoms with Crippen molar-refractivity contribution in [1.82, 2.24) is 0 Å². The summed E-state index contributed by atoms with van der Waals surface area (Å²) < 4.78 is 0. The molecule has 28 heavy (non-hydrogen) atoms. The van der Waals surface area contributed by atoms with Gasteiger partial charge in [-0.25, -0.2) is 0 Å². The largest absolute Gasteiger partial charge is 0.481 e. The molecule has 0 bridgehead atoms. The molecule has 4 N–H and O–H groups in total. The van der Waals surface area contributed by atoms with Gasteiger partial charge in [-0.15, -0.1) is 0 Å². The quantitative estimate of drug-likeness (QED) is 0.318. The van der Waals surface area contributed by atoms with Crippen LogP contribution in [0.2, 0.25) is 0 Å². The highest BCUT2D eigenvalue weighted by Gasteiger charge is 2.39. The molecule has 0 spiro atoms. The number of unbranched alkanes of at least 4 members (excludes halogenated alkanes) is 5. The van der Waals surface area contributed by atoms with E-state index in [1.807, 2.05) is 0 Å². The highest BCUT2D eigenvalue weighted by Crippen LogP contribution is 2.28. The Labute approximate surface area is 167 Å². The predicted octanol–water partition coefficient (Wildman–Crippen LogP) is 3.98. The Bertz CT molecular complexity index is 483. The Balaban J connectivity index is 0. The molecule has 0 aliphatic carbocycles. The number of aliphatic carboxylic acids is 4. The van der Waals surface area contributed by atoms with Crippen LogP contribution in [0.25, 0.3) is 0 Å². The molecular formula is C20H36O8. The van der Waals surface area contributed by atoms with Crippen molar-refractivity contribution in [2.45, 2.75) is 79.1 Å². The molecule has 0 rings (SSSR count). The summed E-state index contributed by atoms with van der Waals surface area (Å²) in [7, 11) is 0. The Morgan fingerprint density at radius 1 is 0.607 bits per heavy atom. The Morgan fingerprint density at radius 3 is 1.25 bits per heavy atom. The molecule has 0 amide bonds. The molecule has 4 unspecified atom stereocenters. The van der Waals surface area contributed by atoms with E-state index in [2.05, 4.69) is 13.8 Å². The molecule has 164 valence electrons. The topological polar surface area (TPSA) is 149 Å². The molecule has 0 aromatic carbocycles. The number of rotatable bonds is 14. The van der Waals surface area contributed by atoms with Crippen LogP contribution in [0.5, 0.6) is 0 Å². The first-order valence-electron chi connectivity index (χ1n) is 9.96. The smallest absolute Gasteiger partial charge is 0.307 e. The molecule has 8 nitrogen and oxygen atoms in total. The highest BCUT2D eigenvalue weighted by atomic mass is 16.4. The van der Waals surface area contributed by atoms with E-state index in [1.54, 1.807) is 0 Å². The van der Waals surface area contributed by atoms with Gasteiger partial charge in [0.05, 0.1) is 23.7 Å². The lowest BCUT2D eigenvalue weighted by Crippen LogP contribution is -2.36. The standard InChI is InChI=1S/C12H18O8.C8H18/c1-3-6(10(15)16)8(12(19)20)4-7(11(17)18)5(2)9(13)14;1-3-5-7-8-6-4-2/h5-8H,3-4H2,1-2H3,(H,13,14)(H,15,16)(H,17,18)(H,19,20);3-8H2,1-2H3. The van der Waals surface area contributed by atoms with E-state index in [4.69, 9.17) is 20.4 Å². The Kier molecular flexibility index (Phi) is 15.9. The van der Waals surface area contributed by atoms with Crippen molar-refractivity contribution >= 4 is 23.9 Å². The molecule has 8 heteroatoms. The maximum Gasteiger partial charge on any atom is 0.307 e. The van der Waals surface area contributed by atoms with E-state index in [0.29, 0.717) is 0 Å². The van der Waals surface area contributed by atoms with Gasteiger partial charge in [0, 0.05) is 0 Å². The monoisotopic (exact) mass is 404 g/mol. The summed E-state index contributed by atoms with van der Waals surface area (Å²) in [5, 5.41) is 35.9. The van der Waals surface area contributed by atoms with Crippen molar-refractivity contribution in [2.24, 2.45) is 23.7 Å². The summed E-state index contributed by atoms with van der Waals surface area (Å²) in [4.78, 5) is 44.1. The third-order valence-corrected chi connectivity index (χ3v) is 4.84. The number of carboxylic acids is 4. The second-order valence-electron chi connectivity index (χ2n) is 7.02. The second-order valence-corrected chi connectivity index (χ2v) is 7.02. The summed E-state index contributed by atoms with van der Waals surface area (Å²) in [5.41, 5.74) is 0. The van der Waals surface area contributed by atoms with E-state index < -0.39 is 54.0 Å². The van der Waals surface area contributed by atoms with Crippen molar-refractivity contribution in [3.63, 3.8) is 0 Å². The molecule has 0 saturated carbocycles. The minimum atomic E-state index is -1.46. The molecular weight excluding hydrogens is 368 g/mol. The first-order chi connectivity index (χ1) is 13.0. The molecule has 4 atom stereocenters. The number of carboxylic acid groups (broad SMARTS) is 4. The summed E-state index contributed by atoms with van der Waals surface area (Å²) in [6.45, 7) is 7.14. The van der Waals surface area contributed by atoms with Gasteiger partial charge in [-0.05, 0) is 12.8 Å². The van der Waals surface area contributed by atoms with E-state index >= 15 is 0 Å². The number of hydrogen-bond acceptors (Lipinski definition) is 4. The molecule has 0 aliphatic rings. The zero-order valence-corrected chi connectivity index (χ0v) is 17.4. The third-order valence-electron chi connectivity index (χ3n) is 4.84. The maximum atomic E-state index is 11.2. The number of carbonyl (C=O) groups is 4. The van der Waals surface area contributed by atoms with Crippen LogP contribution in [0.3, 0.4) is 0 Å². The maximum absolute atomic E-state index is 11.2. The SMILES string of the molecule is CCC(C(=O)O)C(CC(C(=O)O)C(C)C(=O)O)C(=O)O.CCCCCCCC. The van der Waals surface area contributed by atoms with Gasteiger partial charge in [0.15, 0.2) is 0 Å². The van der Waals surface area contributed by atoms with Crippen molar-refractivity contribution in [2.75, 3.05) is 0 Å². The average Bonchev–Trinajstić information content (AvgIpc) is 2.61. The van der Waals surface area contributed by atoms with E-state index in [9.17, 15) is 19.2 Å². The van der Waals surface area contributed by atoms with Gasteiger partial charge in [0.25, 0.3) is 0 Å². The fraction of sp³-hybridized carbons (Fsp3) is 0.800. The van der Waals surface area contributed by atoms with Crippen LogP contribution in [0.4, 0.5) is 0 Å². The van der Waals surface area contributed by atoms with Gasteiger partial charge in [0.1, 0.15) is 0 Å². The normalized spacial score (nSPS) is 14.7. The van der Waals surface area contributed by atoms with Crippen LogP contribution in [0.1, 0.15) is 79.1 Å². The first kappa shape index (κ1) is 28.1. The van der Waals surface area contributed by atoms with E-state index in [0.717, 1.165) is 6.92 Å². The van der Waals surface area contributed by atoms with Crippen LogP contribution in [-0.2, 0) is 19.2 Å². The van der Waals surface area contributed by atoms with Crippen LogP contribution in [0, 0.1) is 23.7 Å². The minimum Gasteiger partial charge on any atom is -0.481 e. The van der Waals surface area contributed by atoms with Crippen molar-refractivity contribution in [3.8, 4) is 0 Å². The van der Waals surface area contributed by atoms with E-state index in [1.165, 1.54) is 45.4 Å². The zero-order valence-electron chi connectivity index (χ0n) is 17.4. The van der Waals surface area contributed by atoms with Crippen molar-refractivity contribution in [3.05, 3.63) is 0 Å². The van der Waals surface area contributed by atoms with E-state index in [-0.39, 0.29) is 6.42 Å². The van der Waals surface area contributed by atoms with Crippen LogP contribution in [-0.4, -0.2) is 44.3 Å². The lowest BCUT2D eigenvalue weighted by molar-refractivity contribution is -0.159. The molecule has 0 aliphatic heterocycles. The van der Waals surface area contributed by atoms with Gasteiger partial charge < -0.3 is 20.4 Å². The number of hydrogen-bond donors (Lipinski definition) is 4. The summed E-state index contributed by atoms with van der Waals surface area (Å²) >= 11 is 0. The predicted molar refractivity (Wildman–Crippen MR) is 104 cm³/mol. The third kappa shape index (κ3) is 11.6. The van der Waals surface area contributed by atoms with Gasteiger partial charge in [-0.1, -0.05) is 66.2 Å². The van der Waals surface area contributed by atoms with Gasteiger partial charge in [-0.2, -0.15) is 0 Å². The molecule has 0 radical (unpaired) electrons. The van der Waals surface area contributed by atoms with Gasteiger partial charge >= 0.3 is 23.9 Å². The molecule has 0 aromatic rings. The second kappa shape index (κ2) is 15.9. The van der Waals surface area contributed by atoms with Gasteiger partial charge in [-0.3, -0.25) is 19.2 Å². The zero-order chi connectivity index (χ0) is 22.3. The molecule has 0 aromatic heterocycles. The minimum absolute atomic E-state index is 0.0140. The van der Waals surface area contributed by atoms with Crippen molar-refractivity contribution in [1.29, 1.82) is 0 Å². The fourth-order valence-corrected chi connectivity index (χ4v) is 2.89.